The van der Waals surface area contributed by atoms with Gasteiger partial charge in [0.2, 0.25) is 0 Å². The fraction of sp³-hybridized carbons (Fsp3) is 0.536. The maximum atomic E-state index is 13.9. The summed E-state index contributed by atoms with van der Waals surface area (Å²) in [4.78, 5) is 20.3. The number of rotatable bonds is 7. The van der Waals surface area contributed by atoms with Crippen LogP contribution in [0.5, 0.6) is 0 Å². The van der Waals surface area contributed by atoms with Crippen LogP contribution in [0.3, 0.4) is 0 Å². The average molecular weight is 496 g/mol. The number of hydrogen-bond donors (Lipinski definition) is 0. The molecule has 1 heterocycles. The van der Waals surface area contributed by atoms with Gasteiger partial charge in [0, 0.05) is 24.0 Å². The van der Waals surface area contributed by atoms with Crippen LogP contribution < -0.4 is 4.90 Å². The first-order valence-electron chi connectivity index (χ1n) is 12.7. The van der Waals surface area contributed by atoms with E-state index in [-0.39, 0.29) is 22.9 Å². The summed E-state index contributed by atoms with van der Waals surface area (Å²) in [5, 5.41) is 0. The standard InChI is InChI=1S/C28H37N3O3S/c1-29(2)28(24-10-5-4-6-11-24)17-15-27(16-18-28)21-30(26(32)31(27)19-22-13-14-22)25-12-8-7-9-23(25)20-35(3,33)34/h4-12,22H,13-21H2,1-3H3. The van der Waals surface area contributed by atoms with Crippen LogP contribution in [0.2, 0.25) is 0 Å². The summed E-state index contributed by atoms with van der Waals surface area (Å²) in [6, 6.07) is 18.3. The van der Waals surface area contributed by atoms with Gasteiger partial charge in [-0.3, -0.25) is 9.80 Å². The number of carbonyl (C=O) groups is 1. The van der Waals surface area contributed by atoms with Crippen molar-refractivity contribution >= 4 is 21.6 Å². The molecular weight excluding hydrogens is 458 g/mol. The Hall–Kier alpha value is -2.38. The Labute approximate surface area is 209 Å². The highest BCUT2D eigenvalue weighted by Gasteiger charge is 2.55. The molecule has 3 aliphatic rings. The smallest absolute Gasteiger partial charge is 0.317 e. The molecule has 2 aromatic rings. The maximum absolute atomic E-state index is 13.9. The molecule has 0 atom stereocenters. The lowest BCUT2D eigenvalue weighted by atomic mass is 9.68. The molecule has 0 unspecified atom stereocenters. The first-order valence-corrected chi connectivity index (χ1v) is 14.8. The molecule has 2 aromatic carbocycles. The summed E-state index contributed by atoms with van der Waals surface area (Å²) >= 11 is 0. The third kappa shape index (κ3) is 4.60. The summed E-state index contributed by atoms with van der Waals surface area (Å²) in [6.07, 6.45) is 7.47. The number of nitrogens with zero attached hydrogens (tertiary/aromatic N) is 3. The van der Waals surface area contributed by atoms with Crippen LogP contribution in [0.1, 0.15) is 49.7 Å². The highest BCUT2D eigenvalue weighted by Crippen LogP contribution is 2.50. The normalized spacial score (nSPS) is 27.3. The quantitative estimate of drug-likeness (QED) is 0.561. The van der Waals surface area contributed by atoms with Gasteiger partial charge in [0.1, 0.15) is 0 Å². The van der Waals surface area contributed by atoms with Crippen LogP contribution in [0.15, 0.2) is 54.6 Å². The summed E-state index contributed by atoms with van der Waals surface area (Å²) in [5.41, 5.74) is 2.53. The van der Waals surface area contributed by atoms with Gasteiger partial charge in [-0.1, -0.05) is 48.5 Å². The summed E-state index contributed by atoms with van der Waals surface area (Å²) in [6.45, 7) is 1.43. The lowest BCUT2D eigenvalue weighted by molar-refractivity contribution is 0.0249. The van der Waals surface area contributed by atoms with Crippen molar-refractivity contribution in [2.45, 2.75) is 55.4 Å². The molecule has 6 nitrogen and oxygen atoms in total. The number of sulfone groups is 1. The molecule has 35 heavy (non-hydrogen) atoms. The third-order valence-electron chi connectivity index (χ3n) is 8.50. The van der Waals surface area contributed by atoms with Crippen molar-refractivity contribution in [2.75, 3.05) is 38.3 Å². The van der Waals surface area contributed by atoms with Crippen LogP contribution in [0.4, 0.5) is 10.5 Å². The number of benzene rings is 2. The minimum absolute atomic E-state index is 0.0370. The van der Waals surface area contributed by atoms with Crippen molar-refractivity contribution in [2.24, 2.45) is 5.92 Å². The van der Waals surface area contributed by atoms with E-state index in [9.17, 15) is 13.2 Å². The van der Waals surface area contributed by atoms with Crippen molar-refractivity contribution in [1.82, 2.24) is 9.80 Å². The number of carbonyl (C=O) groups excluding carboxylic acids is 1. The van der Waals surface area contributed by atoms with Gasteiger partial charge in [-0.2, -0.15) is 0 Å². The van der Waals surface area contributed by atoms with Crippen LogP contribution in [-0.2, 0) is 21.1 Å². The molecule has 3 fully saturated rings. The fourth-order valence-corrected chi connectivity index (χ4v) is 7.10. The van der Waals surface area contributed by atoms with Crippen molar-refractivity contribution < 1.29 is 13.2 Å². The van der Waals surface area contributed by atoms with E-state index in [4.69, 9.17) is 0 Å². The molecule has 1 saturated heterocycles. The van der Waals surface area contributed by atoms with Crippen molar-refractivity contribution in [3.8, 4) is 0 Å². The number of urea groups is 1. The summed E-state index contributed by atoms with van der Waals surface area (Å²) in [5.74, 6) is 0.539. The summed E-state index contributed by atoms with van der Waals surface area (Å²) in [7, 11) is 1.12. The first kappa shape index (κ1) is 24.3. The van der Waals surface area contributed by atoms with Gasteiger partial charge >= 0.3 is 6.03 Å². The van der Waals surface area contributed by atoms with Gasteiger partial charge < -0.3 is 4.90 Å². The van der Waals surface area contributed by atoms with E-state index in [1.165, 1.54) is 24.7 Å². The van der Waals surface area contributed by atoms with E-state index in [1.54, 1.807) is 0 Å². The molecule has 2 saturated carbocycles. The zero-order valence-electron chi connectivity index (χ0n) is 21.1. The monoisotopic (exact) mass is 495 g/mol. The molecule has 0 bridgehead atoms. The third-order valence-corrected chi connectivity index (χ3v) is 9.34. The lowest BCUT2D eigenvalue weighted by Gasteiger charge is -2.51. The topological polar surface area (TPSA) is 60.9 Å². The van der Waals surface area contributed by atoms with E-state index in [2.05, 4.69) is 54.2 Å². The molecule has 1 aliphatic heterocycles. The number of hydrogen-bond acceptors (Lipinski definition) is 4. The van der Waals surface area contributed by atoms with E-state index >= 15 is 0 Å². The first-order chi connectivity index (χ1) is 16.6. The van der Waals surface area contributed by atoms with E-state index < -0.39 is 9.84 Å². The molecule has 0 aromatic heterocycles. The van der Waals surface area contributed by atoms with Gasteiger partial charge in [-0.05, 0) is 75.7 Å². The van der Waals surface area contributed by atoms with E-state index in [0.717, 1.165) is 37.9 Å². The largest absolute Gasteiger partial charge is 0.325 e. The zero-order chi connectivity index (χ0) is 24.8. The molecule has 1 spiro atoms. The number of anilines is 1. The van der Waals surface area contributed by atoms with Gasteiger partial charge in [-0.15, -0.1) is 0 Å². The highest BCUT2D eigenvalue weighted by molar-refractivity contribution is 7.89. The molecule has 2 aliphatic carbocycles. The molecule has 2 amide bonds. The van der Waals surface area contributed by atoms with Gasteiger partial charge in [-0.25, -0.2) is 13.2 Å². The van der Waals surface area contributed by atoms with Gasteiger partial charge in [0.05, 0.1) is 17.8 Å². The van der Waals surface area contributed by atoms with Crippen molar-refractivity contribution in [3.05, 3.63) is 65.7 Å². The SMILES string of the molecule is CN(C)C1(c2ccccc2)CCC2(CC1)CN(c1ccccc1CS(C)(=O)=O)C(=O)N2CC1CC1. The second-order valence-corrected chi connectivity index (χ2v) is 13.3. The molecule has 7 heteroatoms. The molecule has 0 radical (unpaired) electrons. The second-order valence-electron chi connectivity index (χ2n) is 11.1. The Morgan fingerprint density at radius 1 is 0.943 bits per heavy atom. The lowest BCUT2D eigenvalue weighted by Crippen LogP contribution is -2.55. The Kier molecular flexibility index (Phi) is 6.20. The predicted molar refractivity (Wildman–Crippen MR) is 140 cm³/mol. The number of para-hydroxylation sites is 1. The summed E-state index contributed by atoms with van der Waals surface area (Å²) < 4.78 is 24.2. The van der Waals surface area contributed by atoms with Gasteiger partial charge in [0.25, 0.3) is 0 Å². The Morgan fingerprint density at radius 3 is 2.17 bits per heavy atom. The minimum Gasteiger partial charge on any atom is -0.317 e. The highest BCUT2D eigenvalue weighted by atomic mass is 32.2. The average Bonchev–Trinajstić information content (AvgIpc) is 3.61. The Balaban J connectivity index is 1.47. The Bertz CT molecular complexity index is 1180. The Morgan fingerprint density at radius 2 is 1.57 bits per heavy atom. The van der Waals surface area contributed by atoms with Crippen LogP contribution in [0, 0.1) is 5.92 Å². The molecular formula is C28H37N3O3S. The van der Waals surface area contributed by atoms with Crippen molar-refractivity contribution in [1.29, 1.82) is 0 Å². The molecule has 188 valence electrons. The second kappa shape index (κ2) is 8.93. The number of amides is 2. The van der Waals surface area contributed by atoms with E-state index in [0.29, 0.717) is 18.0 Å². The molecule has 0 N–H and O–H groups in total. The zero-order valence-corrected chi connectivity index (χ0v) is 21.9. The van der Waals surface area contributed by atoms with Crippen LogP contribution >= 0.6 is 0 Å². The van der Waals surface area contributed by atoms with Crippen molar-refractivity contribution in [3.63, 3.8) is 0 Å². The predicted octanol–water partition coefficient (Wildman–Crippen LogP) is 4.65. The minimum atomic E-state index is -3.22. The van der Waals surface area contributed by atoms with Crippen LogP contribution in [-0.4, -0.2) is 63.2 Å². The fourth-order valence-electron chi connectivity index (χ4n) is 6.29. The van der Waals surface area contributed by atoms with Gasteiger partial charge in [0.15, 0.2) is 9.84 Å². The van der Waals surface area contributed by atoms with Crippen LogP contribution in [0.25, 0.3) is 0 Å². The maximum Gasteiger partial charge on any atom is 0.325 e. The molecule has 5 rings (SSSR count). The van der Waals surface area contributed by atoms with E-state index in [1.807, 2.05) is 29.2 Å².